The molecule has 0 saturated carbocycles. The Balaban J connectivity index is 1.42. The van der Waals surface area contributed by atoms with Crippen molar-refractivity contribution in [2.75, 3.05) is 13.2 Å². The number of ether oxygens (including phenoxy) is 3. The summed E-state index contributed by atoms with van der Waals surface area (Å²) < 4.78 is 59.4. The molecule has 0 amide bonds. The van der Waals surface area contributed by atoms with Crippen LogP contribution in [0.5, 0.6) is 11.8 Å². The van der Waals surface area contributed by atoms with Crippen molar-refractivity contribution in [3.8, 4) is 22.9 Å². The maximum absolute atomic E-state index is 14.0. The maximum atomic E-state index is 14.0. The minimum atomic E-state index is -1.25. The standard InChI is InChI=1S/C22H19F3N2O4/c1-2-29-11-15-9-20(28)26-22-27(15)10-17(31-22)12-30-16-5-3-13(4-6-16)18-7-14(23)8-19(24)21(18)25/h3-9,17H,2,10-12H2,1H3/t17-/m0/s1. The van der Waals surface area contributed by atoms with Gasteiger partial charge in [0.25, 0.3) is 5.56 Å². The Bertz CT molecular complexity index is 1150. The second-order valence-electron chi connectivity index (χ2n) is 6.94. The lowest BCUT2D eigenvalue weighted by Gasteiger charge is -2.12. The van der Waals surface area contributed by atoms with Gasteiger partial charge < -0.3 is 14.2 Å². The lowest BCUT2D eigenvalue weighted by molar-refractivity contribution is 0.127. The van der Waals surface area contributed by atoms with Gasteiger partial charge in [0, 0.05) is 24.3 Å². The van der Waals surface area contributed by atoms with E-state index in [2.05, 4.69) is 4.98 Å². The molecule has 162 valence electrons. The van der Waals surface area contributed by atoms with Crippen LogP contribution in [0, 0.1) is 17.5 Å². The van der Waals surface area contributed by atoms with E-state index in [-0.39, 0.29) is 30.9 Å². The Morgan fingerprint density at radius 2 is 1.94 bits per heavy atom. The van der Waals surface area contributed by atoms with Crippen molar-refractivity contribution < 1.29 is 27.4 Å². The van der Waals surface area contributed by atoms with Gasteiger partial charge in [0.1, 0.15) is 18.2 Å². The summed E-state index contributed by atoms with van der Waals surface area (Å²) in [4.78, 5) is 15.6. The highest BCUT2D eigenvalue weighted by molar-refractivity contribution is 5.65. The van der Waals surface area contributed by atoms with E-state index in [9.17, 15) is 18.0 Å². The maximum Gasteiger partial charge on any atom is 0.300 e. The van der Waals surface area contributed by atoms with Crippen LogP contribution in [0.15, 0.2) is 47.3 Å². The normalized spacial score (nSPS) is 14.9. The minimum absolute atomic E-state index is 0.170. The molecule has 6 nitrogen and oxygen atoms in total. The molecule has 0 saturated heterocycles. The lowest BCUT2D eigenvalue weighted by atomic mass is 10.0. The molecule has 0 bridgehead atoms. The SMILES string of the molecule is CCOCc1cc(=O)nc2n1C[C@@H](COc1ccc(-c3cc(F)cc(F)c3F)cc1)O2. The van der Waals surface area contributed by atoms with Gasteiger partial charge >= 0.3 is 6.01 Å². The van der Waals surface area contributed by atoms with Gasteiger partial charge in [-0.25, -0.2) is 13.2 Å². The molecule has 9 heteroatoms. The van der Waals surface area contributed by atoms with E-state index in [4.69, 9.17) is 14.2 Å². The molecule has 0 radical (unpaired) electrons. The fraction of sp³-hybridized carbons (Fsp3) is 0.273. The third-order valence-corrected chi connectivity index (χ3v) is 4.78. The molecular weight excluding hydrogens is 413 g/mol. The van der Waals surface area contributed by atoms with Crippen LogP contribution in [-0.4, -0.2) is 28.9 Å². The molecule has 31 heavy (non-hydrogen) atoms. The van der Waals surface area contributed by atoms with Crippen molar-refractivity contribution in [2.24, 2.45) is 0 Å². The second-order valence-corrected chi connectivity index (χ2v) is 6.94. The zero-order chi connectivity index (χ0) is 22.0. The summed E-state index contributed by atoms with van der Waals surface area (Å²) >= 11 is 0. The number of hydrogen-bond acceptors (Lipinski definition) is 5. The summed E-state index contributed by atoms with van der Waals surface area (Å²) in [5, 5.41) is 0. The van der Waals surface area contributed by atoms with Gasteiger partial charge in [0.15, 0.2) is 17.7 Å². The summed E-state index contributed by atoms with van der Waals surface area (Å²) in [6.07, 6.45) is -0.371. The van der Waals surface area contributed by atoms with Crippen LogP contribution in [0.3, 0.4) is 0 Å². The van der Waals surface area contributed by atoms with Gasteiger partial charge in [0.2, 0.25) is 0 Å². The molecule has 0 N–H and O–H groups in total. The van der Waals surface area contributed by atoms with Crippen LogP contribution in [0.2, 0.25) is 0 Å². The van der Waals surface area contributed by atoms with E-state index in [1.807, 2.05) is 6.92 Å². The van der Waals surface area contributed by atoms with E-state index in [0.717, 1.165) is 6.07 Å². The van der Waals surface area contributed by atoms with Crippen LogP contribution >= 0.6 is 0 Å². The van der Waals surface area contributed by atoms with E-state index < -0.39 is 23.0 Å². The first-order valence-electron chi connectivity index (χ1n) is 9.67. The number of fused-ring (bicyclic) bond motifs is 1. The zero-order valence-electron chi connectivity index (χ0n) is 16.6. The number of rotatable bonds is 7. The van der Waals surface area contributed by atoms with E-state index in [1.54, 1.807) is 16.7 Å². The average Bonchev–Trinajstić information content (AvgIpc) is 3.16. The Morgan fingerprint density at radius 3 is 2.68 bits per heavy atom. The Kier molecular flexibility index (Phi) is 5.94. The fourth-order valence-electron chi connectivity index (χ4n) is 3.30. The van der Waals surface area contributed by atoms with Gasteiger partial charge in [-0.15, -0.1) is 0 Å². The summed E-state index contributed by atoms with van der Waals surface area (Å²) in [5.74, 6) is -2.75. The van der Waals surface area contributed by atoms with E-state index in [1.165, 1.54) is 18.2 Å². The molecule has 1 aliphatic heterocycles. The number of aromatic nitrogens is 2. The summed E-state index contributed by atoms with van der Waals surface area (Å²) in [7, 11) is 0. The first-order valence-corrected chi connectivity index (χ1v) is 9.67. The van der Waals surface area contributed by atoms with Crippen molar-refractivity contribution in [1.29, 1.82) is 0 Å². The molecule has 0 unspecified atom stereocenters. The van der Waals surface area contributed by atoms with Crippen molar-refractivity contribution in [1.82, 2.24) is 9.55 Å². The highest BCUT2D eigenvalue weighted by atomic mass is 19.2. The van der Waals surface area contributed by atoms with E-state index >= 15 is 0 Å². The molecule has 4 rings (SSSR count). The third kappa shape index (κ3) is 4.56. The molecule has 1 atom stereocenters. The Morgan fingerprint density at radius 1 is 1.16 bits per heavy atom. The topological polar surface area (TPSA) is 62.6 Å². The van der Waals surface area contributed by atoms with Crippen LogP contribution in [0.1, 0.15) is 12.6 Å². The number of nitrogens with zero attached hydrogens (tertiary/aromatic N) is 2. The first-order chi connectivity index (χ1) is 14.9. The molecular formula is C22H19F3N2O4. The third-order valence-electron chi connectivity index (χ3n) is 4.78. The minimum Gasteiger partial charge on any atom is -0.490 e. The number of benzene rings is 2. The first kappa shape index (κ1) is 20.9. The van der Waals surface area contributed by atoms with Gasteiger partial charge in [-0.2, -0.15) is 4.98 Å². The summed E-state index contributed by atoms with van der Waals surface area (Å²) in [6.45, 7) is 3.27. The molecule has 0 spiro atoms. The van der Waals surface area contributed by atoms with E-state index in [0.29, 0.717) is 36.2 Å². The molecule has 2 heterocycles. The van der Waals surface area contributed by atoms with Crippen molar-refractivity contribution >= 4 is 0 Å². The quantitative estimate of drug-likeness (QED) is 0.533. The van der Waals surface area contributed by atoms with Gasteiger partial charge in [-0.3, -0.25) is 9.36 Å². The molecule has 1 aromatic heterocycles. The van der Waals surface area contributed by atoms with Crippen molar-refractivity contribution in [3.05, 3.63) is 76.0 Å². The molecule has 1 aliphatic rings. The van der Waals surface area contributed by atoms with Crippen molar-refractivity contribution in [2.45, 2.75) is 26.2 Å². The van der Waals surface area contributed by atoms with Gasteiger partial charge in [-0.05, 0) is 30.7 Å². The lowest BCUT2D eigenvalue weighted by Crippen LogP contribution is -2.23. The van der Waals surface area contributed by atoms with Crippen LogP contribution < -0.4 is 15.0 Å². The molecule has 2 aromatic carbocycles. The largest absolute Gasteiger partial charge is 0.490 e. The highest BCUT2D eigenvalue weighted by Crippen LogP contribution is 2.28. The number of hydrogen-bond donors (Lipinski definition) is 0. The van der Waals surface area contributed by atoms with Gasteiger partial charge in [0.05, 0.1) is 18.8 Å². The molecule has 0 fully saturated rings. The smallest absolute Gasteiger partial charge is 0.300 e. The number of halogens is 3. The average molecular weight is 432 g/mol. The molecule has 0 aliphatic carbocycles. The Hall–Kier alpha value is -3.33. The predicted molar refractivity (Wildman–Crippen MR) is 105 cm³/mol. The summed E-state index contributed by atoms with van der Waals surface area (Å²) in [6, 6.07) is 9.23. The highest BCUT2D eigenvalue weighted by Gasteiger charge is 2.26. The fourth-order valence-corrected chi connectivity index (χ4v) is 3.30. The van der Waals surface area contributed by atoms with Gasteiger partial charge in [-0.1, -0.05) is 12.1 Å². The zero-order valence-corrected chi connectivity index (χ0v) is 16.6. The Labute approximate surface area is 175 Å². The second kappa shape index (κ2) is 8.81. The van der Waals surface area contributed by atoms with Crippen molar-refractivity contribution in [3.63, 3.8) is 0 Å². The predicted octanol–water partition coefficient (Wildman–Crippen LogP) is 3.70. The van der Waals surface area contributed by atoms with Crippen LogP contribution in [0.4, 0.5) is 13.2 Å². The molecule has 3 aromatic rings. The summed E-state index contributed by atoms with van der Waals surface area (Å²) in [5.41, 5.74) is 0.416. The van der Waals surface area contributed by atoms with Crippen LogP contribution in [0.25, 0.3) is 11.1 Å². The monoisotopic (exact) mass is 432 g/mol. The van der Waals surface area contributed by atoms with Crippen LogP contribution in [-0.2, 0) is 17.9 Å².